The van der Waals surface area contributed by atoms with E-state index >= 15 is 0 Å². The van der Waals surface area contributed by atoms with E-state index in [1.165, 1.54) is 25.1 Å². The number of aromatic nitrogens is 1. The number of nitrogens with zero attached hydrogens (tertiary/aromatic N) is 1. The van der Waals surface area contributed by atoms with Crippen molar-refractivity contribution in [1.29, 1.82) is 0 Å². The third-order valence-corrected chi connectivity index (χ3v) is 5.97. The van der Waals surface area contributed by atoms with Gasteiger partial charge in [-0.05, 0) is 49.6 Å². The molecule has 0 aliphatic carbocycles. The Kier molecular flexibility index (Phi) is 5.13. The van der Waals surface area contributed by atoms with Gasteiger partial charge in [0.2, 0.25) is 5.91 Å². The van der Waals surface area contributed by atoms with Crippen LogP contribution in [0.5, 0.6) is 0 Å². The van der Waals surface area contributed by atoms with Crippen molar-refractivity contribution in [2.75, 3.05) is 5.32 Å². The molecule has 2 saturated heterocycles. The second kappa shape index (κ2) is 7.70. The van der Waals surface area contributed by atoms with E-state index in [4.69, 9.17) is 0 Å². The fourth-order valence-electron chi connectivity index (χ4n) is 3.79. The van der Waals surface area contributed by atoms with Gasteiger partial charge in [-0.3, -0.25) is 14.6 Å². The van der Waals surface area contributed by atoms with Gasteiger partial charge in [0.15, 0.2) is 0 Å². The van der Waals surface area contributed by atoms with Gasteiger partial charge in [-0.25, -0.2) is 0 Å². The predicted octanol–water partition coefficient (Wildman–Crippen LogP) is 2.81. The number of nitrogens with one attached hydrogen (secondary N) is 3. The van der Waals surface area contributed by atoms with Crippen molar-refractivity contribution < 1.29 is 9.59 Å². The minimum atomic E-state index is -0.125. The highest BCUT2D eigenvalue weighted by Gasteiger charge is 2.39. The lowest BCUT2D eigenvalue weighted by atomic mass is 9.95. The Morgan fingerprint density at radius 1 is 1.15 bits per heavy atom. The van der Waals surface area contributed by atoms with E-state index in [1.807, 2.05) is 30.3 Å². The van der Waals surface area contributed by atoms with Gasteiger partial charge in [-0.15, -0.1) is 0 Å². The number of carbonyl (C=O) groups excluding carboxylic acids is 2. The molecule has 2 aliphatic rings. The highest BCUT2D eigenvalue weighted by atomic mass is 32.2. The summed E-state index contributed by atoms with van der Waals surface area (Å²) in [6, 6.07) is 10.7. The second-order valence-corrected chi connectivity index (χ2v) is 8.23. The Morgan fingerprint density at radius 3 is 2.63 bits per heavy atom. The molecule has 2 aliphatic heterocycles. The van der Waals surface area contributed by atoms with E-state index in [1.54, 1.807) is 12.4 Å². The van der Waals surface area contributed by atoms with Crippen LogP contribution in [0.25, 0.3) is 0 Å². The van der Waals surface area contributed by atoms with E-state index < -0.39 is 0 Å². The lowest BCUT2D eigenvalue weighted by Crippen LogP contribution is -2.42. The highest BCUT2D eigenvalue weighted by Crippen LogP contribution is 2.30. The number of amides is 2. The van der Waals surface area contributed by atoms with Crippen LogP contribution in [0.4, 0.5) is 5.69 Å². The number of hydrogen-bond donors (Lipinski definition) is 3. The molecule has 140 valence electrons. The Labute approximate surface area is 162 Å². The largest absolute Gasteiger partial charge is 0.348 e. The van der Waals surface area contributed by atoms with Gasteiger partial charge in [-0.2, -0.15) is 0 Å². The third kappa shape index (κ3) is 4.31. The maximum absolute atomic E-state index is 12.5. The average Bonchev–Trinajstić information content (AvgIpc) is 3.25. The van der Waals surface area contributed by atoms with Gasteiger partial charge in [0, 0.05) is 46.6 Å². The maximum atomic E-state index is 12.5. The van der Waals surface area contributed by atoms with Crippen molar-refractivity contribution in [3.05, 3.63) is 48.3 Å². The maximum Gasteiger partial charge on any atom is 0.251 e. The Balaban J connectivity index is 1.37. The SMILES string of the molecule is CC(=O)Nc1cncc(Sc2ccc(C(=O)N[C@@H]3C[C@H]4CC[C@@H]3N4)cc2)c1. The molecule has 4 rings (SSSR count). The number of carbonyl (C=O) groups is 2. The lowest BCUT2D eigenvalue weighted by molar-refractivity contribution is -0.114. The summed E-state index contributed by atoms with van der Waals surface area (Å²) in [6.45, 7) is 1.47. The van der Waals surface area contributed by atoms with E-state index in [0.717, 1.165) is 22.6 Å². The molecule has 6 nitrogen and oxygen atoms in total. The summed E-state index contributed by atoms with van der Waals surface area (Å²) in [5.74, 6) is -0.139. The molecule has 0 radical (unpaired) electrons. The van der Waals surface area contributed by atoms with E-state index in [0.29, 0.717) is 23.3 Å². The average molecular weight is 382 g/mol. The second-order valence-electron chi connectivity index (χ2n) is 7.08. The minimum absolute atomic E-state index is 0.0137. The normalized spacial score (nSPS) is 23.2. The number of rotatable bonds is 5. The van der Waals surface area contributed by atoms with Gasteiger partial charge >= 0.3 is 0 Å². The minimum Gasteiger partial charge on any atom is -0.348 e. The standard InChI is InChI=1S/C20H22N4O2S/c1-12(25)22-15-8-17(11-21-10-15)27-16-5-2-13(3-6-16)20(26)24-19-9-14-4-7-18(19)23-14/h2-3,5-6,8,10-11,14,18-19,23H,4,7,9H2,1H3,(H,22,25)(H,24,26)/t14-,18+,19-/m1/s1. The molecule has 27 heavy (non-hydrogen) atoms. The fraction of sp³-hybridized carbons (Fsp3) is 0.350. The third-order valence-electron chi connectivity index (χ3n) is 5.00. The first-order valence-electron chi connectivity index (χ1n) is 9.14. The summed E-state index contributed by atoms with van der Waals surface area (Å²) in [5.41, 5.74) is 1.34. The van der Waals surface area contributed by atoms with Gasteiger partial charge in [0.1, 0.15) is 0 Å². The van der Waals surface area contributed by atoms with Crippen molar-refractivity contribution in [3.8, 4) is 0 Å². The number of pyridine rings is 1. The number of fused-ring (bicyclic) bond motifs is 2. The van der Waals surface area contributed by atoms with E-state index in [-0.39, 0.29) is 17.9 Å². The number of benzene rings is 1. The molecule has 3 heterocycles. The molecule has 0 unspecified atom stereocenters. The lowest BCUT2D eigenvalue weighted by Gasteiger charge is -2.21. The molecule has 3 N–H and O–H groups in total. The molecule has 1 aromatic heterocycles. The van der Waals surface area contributed by atoms with Crippen LogP contribution in [0.3, 0.4) is 0 Å². The van der Waals surface area contributed by atoms with Crippen molar-refractivity contribution in [2.45, 2.75) is 54.1 Å². The summed E-state index contributed by atoms with van der Waals surface area (Å²) in [4.78, 5) is 29.7. The first-order valence-corrected chi connectivity index (χ1v) is 9.96. The molecule has 7 heteroatoms. The van der Waals surface area contributed by atoms with Crippen LogP contribution >= 0.6 is 11.8 Å². The van der Waals surface area contributed by atoms with Gasteiger partial charge in [0.25, 0.3) is 5.91 Å². The fourth-order valence-corrected chi connectivity index (χ4v) is 4.64. The van der Waals surface area contributed by atoms with Crippen LogP contribution in [-0.2, 0) is 4.79 Å². The summed E-state index contributed by atoms with van der Waals surface area (Å²) < 4.78 is 0. The Morgan fingerprint density at radius 2 is 1.96 bits per heavy atom. The molecule has 0 saturated carbocycles. The Hall–Kier alpha value is -2.38. The summed E-state index contributed by atoms with van der Waals surface area (Å²) in [5, 5.41) is 9.43. The van der Waals surface area contributed by atoms with Crippen LogP contribution in [0, 0.1) is 0 Å². The zero-order chi connectivity index (χ0) is 18.8. The van der Waals surface area contributed by atoms with Gasteiger partial charge in [0.05, 0.1) is 11.9 Å². The highest BCUT2D eigenvalue weighted by molar-refractivity contribution is 7.99. The first-order chi connectivity index (χ1) is 13.1. The molecule has 1 aromatic carbocycles. The quantitative estimate of drug-likeness (QED) is 0.741. The molecule has 3 atom stereocenters. The number of hydrogen-bond acceptors (Lipinski definition) is 5. The summed E-state index contributed by atoms with van der Waals surface area (Å²) in [6.07, 6.45) is 6.77. The van der Waals surface area contributed by atoms with E-state index in [2.05, 4.69) is 20.9 Å². The molecule has 2 fully saturated rings. The molecule has 2 bridgehead atoms. The van der Waals surface area contributed by atoms with Crippen LogP contribution in [-0.4, -0.2) is 34.9 Å². The molecular formula is C20H22N4O2S. The predicted molar refractivity (Wildman–Crippen MR) is 105 cm³/mol. The zero-order valence-corrected chi connectivity index (χ0v) is 15.9. The summed E-state index contributed by atoms with van der Waals surface area (Å²) in [7, 11) is 0. The van der Waals surface area contributed by atoms with Crippen LogP contribution < -0.4 is 16.0 Å². The molecule has 0 spiro atoms. The number of anilines is 1. The molecule has 2 aromatic rings. The van der Waals surface area contributed by atoms with Crippen molar-refractivity contribution >= 4 is 29.3 Å². The molecular weight excluding hydrogens is 360 g/mol. The monoisotopic (exact) mass is 382 g/mol. The van der Waals surface area contributed by atoms with Crippen molar-refractivity contribution in [3.63, 3.8) is 0 Å². The van der Waals surface area contributed by atoms with Gasteiger partial charge < -0.3 is 16.0 Å². The zero-order valence-electron chi connectivity index (χ0n) is 15.1. The topological polar surface area (TPSA) is 83.1 Å². The summed E-state index contributed by atoms with van der Waals surface area (Å²) >= 11 is 1.54. The van der Waals surface area contributed by atoms with Crippen LogP contribution in [0.15, 0.2) is 52.5 Å². The van der Waals surface area contributed by atoms with Crippen molar-refractivity contribution in [2.24, 2.45) is 0 Å². The first kappa shape index (κ1) is 18.0. The van der Waals surface area contributed by atoms with E-state index in [9.17, 15) is 9.59 Å². The van der Waals surface area contributed by atoms with Crippen LogP contribution in [0.2, 0.25) is 0 Å². The molecule has 2 amide bonds. The van der Waals surface area contributed by atoms with Crippen LogP contribution in [0.1, 0.15) is 36.5 Å². The van der Waals surface area contributed by atoms with Crippen molar-refractivity contribution in [1.82, 2.24) is 15.6 Å². The van der Waals surface area contributed by atoms with Gasteiger partial charge in [-0.1, -0.05) is 11.8 Å². The Bertz CT molecular complexity index is 855. The smallest absolute Gasteiger partial charge is 0.251 e.